The lowest BCUT2D eigenvalue weighted by Gasteiger charge is -2.34. The summed E-state index contributed by atoms with van der Waals surface area (Å²) < 4.78 is 10.5. The van der Waals surface area contributed by atoms with Gasteiger partial charge in [0, 0.05) is 6.42 Å². The number of carboxylic acids is 1. The van der Waals surface area contributed by atoms with E-state index in [4.69, 9.17) is 9.47 Å². The van der Waals surface area contributed by atoms with Crippen LogP contribution >= 0.6 is 0 Å². The van der Waals surface area contributed by atoms with E-state index >= 15 is 0 Å². The summed E-state index contributed by atoms with van der Waals surface area (Å²) in [7, 11) is 8.36. The summed E-state index contributed by atoms with van der Waals surface area (Å²) in [6.45, 7) is 0. The molecule has 6 nitrogen and oxygen atoms in total. The maximum Gasteiger partial charge on any atom is 0.200 e. The van der Waals surface area contributed by atoms with Crippen LogP contribution in [0.3, 0.4) is 0 Å². The van der Waals surface area contributed by atoms with E-state index in [-0.39, 0.29) is 10.2 Å². The second kappa shape index (κ2) is 6.67. The summed E-state index contributed by atoms with van der Waals surface area (Å²) >= 11 is 0. The van der Waals surface area contributed by atoms with Crippen molar-refractivity contribution in [3.05, 3.63) is 17.7 Å². The van der Waals surface area contributed by atoms with Crippen LogP contribution in [-0.4, -0.2) is 57.0 Å². The first-order chi connectivity index (χ1) is 9.70. The molecule has 0 aliphatic heterocycles. The molecule has 118 valence electrons. The monoisotopic (exact) mass is 297 g/mol. The molecule has 0 aliphatic carbocycles. The number of methoxy groups -OCH3 is 2. The number of quaternary nitrogens is 1. The summed E-state index contributed by atoms with van der Waals surface area (Å²) in [4.78, 5) is 11.3. The minimum atomic E-state index is -1.07. The number of aromatic hydroxyl groups is 1. The number of aryl methyl sites for hydroxylation is 1. The first-order valence-corrected chi connectivity index (χ1v) is 6.66. The zero-order valence-electron chi connectivity index (χ0n) is 13.2. The van der Waals surface area contributed by atoms with Gasteiger partial charge in [0.05, 0.1) is 41.3 Å². The number of carbonyl (C=O) groups is 1. The summed E-state index contributed by atoms with van der Waals surface area (Å²) in [6.07, 6.45) is 0.935. The molecule has 0 unspecified atom stereocenters. The van der Waals surface area contributed by atoms with E-state index in [9.17, 15) is 15.0 Å². The van der Waals surface area contributed by atoms with Crippen molar-refractivity contribution in [2.75, 3.05) is 35.4 Å². The second-order valence-electron chi connectivity index (χ2n) is 5.84. The van der Waals surface area contributed by atoms with Gasteiger partial charge in [0.25, 0.3) is 0 Å². The van der Waals surface area contributed by atoms with Crippen LogP contribution in [0.1, 0.15) is 12.0 Å². The largest absolute Gasteiger partial charge is 0.544 e. The summed E-state index contributed by atoms with van der Waals surface area (Å²) in [5.74, 6) is -0.522. The van der Waals surface area contributed by atoms with Crippen LogP contribution in [0.25, 0.3) is 0 Å². The van der Waals surface area contributed by atoms with Gasteiger partial charge in [-0.15, -0.1) is 0 Å². The predicted molar refractivity (Wildman–Crippen MR) is 76.4 cm³/mol. The van der Waals surface area contributed by atoms with Gasteiger partial charge in [-0.3, -0.25) is 0 Å². The molecule has 1 atom stereocenters. The number of rotatable bonds is 7. The smallest absolute Gasteiger partial charge is 0.200 e. The minimum Gasteiger partial charge on any atom is -0.544 e. The molecule has 1 aromatic rings. The molecule has 1 N–H and O–H groups in total. The quantitative estimate of drug-likeness (QED) is 0.726. The van der Waals surface area contributed by atoms with E-state index in [1.165, 1.54) is 14.2 Å². The molecule has 0 heterocycles. The Morgan fingerprint density at radius 3 is 2.05 bits per heavy atom. The SMILES string of the molecule is COc1cc(CC[C@H](C(=O)[O-])[N+](C)(C)C)cc(OC)c1O. The molecule has 6 heteroatoms. The maximum absolute atomic E-state index is 11.3. The highest BCUT2D eigenvalue weighted by atomic mass is 16.5. The van der Waals surface area contributed by atoms with Gasteiger partial charge in [-0.25, -0.2) is 0 Å². The zero-order chi connectivity index (χ0) is 16.2. The van der Waals surface area contributed by atoms with E-state index in [1.807, 2.05) is 21.1 Å². The number of ether oxygens (including phenoxy) is 2. The van der Waals surface area contributed by atoms with Crippen molar-refractivity contribution in [1.29, 1.82) is 0 Å². The summed E-state index contributed by atoms with van der Waals surface area (Å²) in [6, 6.07) is 2.75. The van der Waals surface area contributed by atoms with Crippen molar-refractivity contribution in [2.24, 2.45) is 0 Å². The number of benzene rings is 1. The van der Waals surface area contributed by atoms with Crippen molar-refractivity contribution in [3.63, 3.8) is 0 Å². The molecule has 0 radical (unpaired) electrons. The highest BCUT2D eigenvalue weighted by Gasteiger charge is 2.25. The second-order valence-corrected chi connectivity index (χ2v) is 5.84. The van der Waals surface area contributed by atoms with E-state index in [2.05, 4.69) is 0 Å². The van der Waals surface area contributed by atoms with E-state index in [1.54, 1.807) is 12.1 Å². The lowest BCUT2D eigenvalue weighted by Crippen LogP contribution is -2.54. The van der Waals surface area contributed by atoms with Crippen molar-refractivity contribution in [1.82, 2.24) is 0 Å². The molecule has 0 amide bonds. The molecule has 0 fully saturated rings. The Morgan fingerprint density at radius 2 is 1.71 bits per heavy atom. The minimum absolute atomic E-state index is 0.0631. The van der Waals surface area contributed by atoms with Crippen LogP contribution < -0.4 is 14.6 Å². The number of nitrogens with zero attached hydrogens (tertiary/aromatic N) is 1. The molecule has 1 aromatic carbocycles. The topological polar surface area (TPSA) is 78.8 Å². The highest BCUT2D eigenvalue weighted by Crippen LogP contribution is 2.37. The fraction of sp³-hybridized carbons (Fsp3) is 0.533. The standard InChI is InChI=1S/C15H23NO5/c1-16(2,3)11(15(18)19)7-6-10-8-12(20-4)14(17)13(9-10)21-5/h8-9,11H,6-7H2,1-5H3,(H-,17,18,19)/t11-/m1/s1. The molecular weight excluding hydrogens is 274 g/mol. The average molecular weight is 297 g/mol. The van der Waals surface area contributed by atoms with Crippen molar-refractivity contribution in [2.45, 2.75) is 18.9 Å². The molecule has 21 heavy (non-hydrogen) atoms. The van der Waals surface area contributed by atoms with Gasteiger partial charge >= 0.3 is 0 Å². The molecule has 0 saturated heterocycles. The summed E-state index contributed by atoms with van der Waals surface area (Å²) in [5, 5.41) is 21.1. The molecular formula is C15H23NO5. The van der Waals surface area contributed by atoms with Crippen LogP contribution in [0.15, 0.2) is 12.1 Å². The van der Waals surface area contributed by atoms with Gasteiger partial charge in [-0.2, -0.15) is 0 Å². The fourth-order valence-electron chi connectivity index (χ4n) is 2.22. The van der Waals surface area contributed by atoms with Crippen LogP contribution in [-0.2, 0) is 11.2 Å². The van der Waals surface area contributed by atoms with Crippen molar-refractivity contribution >= 4 is 5.97 Å². The zero-order valence-corrected chi connectivity index (χ0v) is 13.2. The van der Waals surface area contributed by atoms with E-state index in [0.717, 1.165) is 5.56 Å². The Morgan fingerprint density at radius 1 is 1.24 bits per heavy atom. The third kappa shape index (κ3) is 4.26. The third-order valence-electron chi connectivity index (χ3n) is 3.45. The van der Waals surface area contributed by atoms with Crippen molar-refractivity contribution in [3.8, 4) is 17.2 Å². The number of carboxylic acid groups (broad SMARTS) is 1. The molecule has 0 spiro atoms. The van der Waals surface area contributed by atoms with Gasteiger partial charge in [0.2, 0.25) is 5.75 Å². The fourth-order valence-corrected chi connectivity index (χ4v) is 2.22. The van der Waals surface area contributed by atoms with Gasteiger partial charge in [-0.05, 0) is 24.1 Å². The molecule has 0 aromatic heterocycles. The average Bonchev–Trinajstić information content (AvgIpc) is 2.38. The van der Waals surface area contributed by atoms with E-state index < -0.39 is 12.0 Å². The van der Waals surface area contributed by atoms with Crippen LogP contribution in [0, 0.1) is 0 Å². The lowest BCUT2D eigenvalue weighted by molar-refractivity contribution is -0.889. The lowest BCUT2D eigenvalue weighted by atomic mass is 10.0. The normalized spacial score (nSPS) is 12.8. The number of phenolic OH excluding ortho intramolecular Hbond substituents is 1. The summed E-state index contributed by atoms with van der Waals surface area (Å²) in [5.41, 5.74) is 0.834. The number of hydrogen-bond donors (Lipinski definition) is 1. The van der Waals surface area contributed by atoms with E-state index in [0.29, 0.717) is 24.3 Å². The maximum atomic E-state index is 11.3. The van der Waals surface area contributed by atoms with Gasteiger partial charge in [0.15, 0.2) is 11.5 Å². The molecule has 0 aliphatic rings. The van der Waals surface area contributed by atoms with Crippen LogP contribution in [0.2, 0.25) is 0 Å². The first kappa shape index (κ1) is 17.1. The Balaban J connectivity index is 2.95. The number of carbonyl (C=O) groups excluding carboxylic acids is 1. The third-order valence-corrected chi connectivity index (χ3v) is 3.45. The Kier molecular flexibility index (Phi) is 5.43. The van der Waals surface area contributed by atoms with Gasteiger partial charge in [-0.1, -0.05) is 0 Å². The number of hydrogen-bond acceptors (Lipinski definition) is 5. The number of likely N-dealkylation sites (N-methyl/N-ethyl adjacent to an activating group) is 1. The van der Waals surface area contributed by atoms with Gasteiger partial charge in [0.1, 0.15) is 6.04 Å². The van der Waals surface area contributed by atoms with Crippen molar-refractivity contribution < 1.29 is 29.0 Å². The van der Waals surface area contributed by atoms with Gasteiger partial charge < -0.3 is 29.0 Å². The number of phenols is 1. The van der Waals surface area contributed by atoms with Crippen LogP contribution in [0.5, 0.6) is 17.2 Å². The predicted octanol–water partition coefficient (Wildman–Crippen LogP) is 0.167. The highest BCUT2D eigenvalue weighted by molar-refractivity contribution is 5.69. The van der Waals surface area contributed by atoms with Crippen LogP contribution in [0.4, 0.5) is 0 Å². The Labute approximate surface area is 125 Å². The molecule has 0 saturated carbocycles. The molecule has 0 bridgehead atoms. The first-order valence-electron chi connectivity index (χ1n) is 6.66. The number of aliphatic carboxylic acids is 1. The molecule has 1 rings (SSSR count). The Bertz CT molecular complexity index is 482. The Hall–Kier alpha value is -1.95.